The zero-order chi connectivity index (χ0) is 27.6. The molecule has 1 aliphatic heterocycles. The van der Waals surface area contributed by atoms with Gasteiger partial charge in [-0.15, -0.1) is 0 Å². The number of rotatable bonds is 7. The van der Waals surface area contributed by atoms with Crippen LogP contribution in [0.5, 0.6) is 0 Å². The molecule has 0 saturated heterocycles. The molecule has 4 N–H and O–H groups in total. The molecule has 0 spiro atoms. The van der Waals surface area contributed by atoms with Gasteiger partial charge in [0.2, 0.25) is 15.9 Å². The van der Waals surface area contributed by atoms with Gasteiger partial charge in [0.05, 0.1) is 30.8 Å². The number of primary sulfonamides is 1. The Bertz CT molecular complexity index is 1700. The van der Waals surface area contributed by atoms with Crippen molar-refractivity contribution in [3.05, 3.63) is 95.4 Å². The minimum atomic E-state index is -3.97. The second-order valence-corrected chi connectivity index (χ2v) is 10.8. The number of carbonyl (C=O) groups excluding carboxylic acids is 1. The first-order chi connectivity index (χ1) is 18.7. The Morgan fingerprint density at radius 1 is 1.05 bits per heavy atom. The summed E-state index contributed by atoms with van der Waals surface area (Å²) in [5, 5.41) is 12.2. The summed E-state index contributed by atoms with van der Waals surface area (Å²) in [7, 11) is -3.97. The molecule has 0 radical (unpaired) electrons. The highest BCUT2D eigenvalue weighted by Crippen LogP contribution is 2.33. The van der Waals surface area contributed by atoms with E-state index in [1.807, 2.05) is 55.5 Å². The van der Waals surface area contributed by atoms with Gasteiger partial charge in [-0.2, -0.15) is 0 Å². The van der Waals surface area contributed by atoms with Gasteiger partial charge in [0.15, 0.2) is 0 Å². The van der Waals surface area contributed by atoms with Crippen LogP contribution in [0.25, 0.3) is 16.5 Å². The minimum Gasteiger partial charge on any atom is -0.374 e. The average Bonchev–Trinajstić information content (AvgIpc) is 2.89. The summed E-state index contributed by atoms with van der Waals surface area (Å²) in [6.45, 7) is 2.39. The van der Waals surface area contributed by atoms with Crippen LogP contribution in [-0.4, -0.2) is 32.5 Å². The van der Waals surface area contributed by atoms with E-state index in [0.29, 0.717) is 18.6 Å². The topological polar surface area (TPSA) is 123 Å². The zero-order valence-electron chi connectivity index (χ0n) is 21.2. The van der Waals surface area contributed by atoms with Gasteiger partial charge in [0, 0.05) is 22.5 Å². The van der Waals surface area contributed by atoms with Gasteiger partial charge in [-0.25, -0.2) is 17.9 Å². The van der Waals surface area contributed by atoms with Crippen molar-refractivity contribution in [2.75, 3.05) is 23.8 Å². The normalized spacial score (nSPS) is 13.9. The summed E-state index contributed by atoms with van der Waals surface area (Å²) >= 11 is 0. The van der Waals surface area contributed by atoms with E-state index in [2.05, 4.69) is 15.6 Å². The number of anilines is 3. The van der Waals surface area contributed by atoms with Gasteiger partial charge in [-0.1, -0.05) is 30.3 Å². The highest BCUT2D eigenvalue weighted by atomic mass is 32.2. The quantitative estimate of drug-likeness (QED) is 0.292. The fourth-order valence-electron chi connectivity index (χ4n) is 4.57. The van der Waals surface area contributed by atoms with Crippen molar-refractivity contribution >= 4 is 49.5 Å². The molecular weight excluding hydrogens is 519 g/mol. The fraction of sp³-hybridized carbons (Fsp3) is 0.172. The first-order valence-corrected chi connectivity index (χ1v) is 13.9. The molecule has 0 saturated carbocycles. The molecule has 2 heterocycles. The molecule has 5 rings (SSSR count). The van der Waals surface area contributed by atoms with E-state index in [1.165, 1.54) is 18.2 Å². The lowest BCUT2D eigenvalue weighted by Gasteiger charge is -2.17. The molecule has 1 aromatic heterocycles. The number of nitrogens with zero attached hydrogens (tertiary/aromatic N) is 1. The molecule has 3 aromatic carbocycles. The lowest BCUT2D eigenvalue weighted by molar-refractivity contribution is -0.115. The number of hydrogen-bond acceptors (Lipinski definition) is 6. The number of ether oxygens (including phenoxy) is 1. The third-order valence-corrected chi connectivity index (χ3v) is 7.37. The molecule has 0 aliphatic carbocycles. The fourth-order valence-corrected chi connectivity index (χ4v) is 5.26. The SMILES string of the molecule is Cc1cc(Nc2ccc(CC(=O)Nc3ccccc3S(N)(=O)=O)cc2)c2cc(C3=C(F)COCC3)ccc2n1. The minimum absolute atomic E-state index is 0.00632. The molecule has 1 aliphatic rings. The number of fused-ring (bicyclic) bond motifs is 1. The second kappa shape index (κ2) is 10.9. The van der Waals surface area contributed by atoms with Gasteiger partial charge in [-0.05, 0) is 72.5 Å². The maximum absolute atomic E-state index is 14.4. The van der Waals surface area contributed by atoms with E-state index in [4.69, 9.17) is 9.88 Å². The van der Waals surface area contributed by atoms with E-state index < -0.39 is 10.0 Å². The van der Waals surface area contributed by atoms with Crippen molar-refractivity contribution in [3.63, 3.8) is 0 Å². The Morgan fingerprint density at radius 2 is 1.82 bits per heavy atom. The summed E-state index contributed by atoms with van der Waals surface area (Å²) in [5.74, 6) is -0.618. The molecule has 0 atom stereocenters. The van der Waals surface area contributed by atoms with Gasteiger partial charge in [0.25, 0.3) is 0 Å². The predicted octanol–water partition coefficient (Wildman–Crippen LogP) is 5.22. The molecule has 39 heavy (non-hydrogen) atoms. The average molecular weight is 547 g/mol. The number of para-hydroxylation sites is 1. The van der Waals surface area contributed by atoms with E-state index in [1.54, 1.807) is 6.07 Å². The molecule has 1 amide bonds. The summed E-state index contributed by atoms with van der Waals surface area (Å²) in [6, 6.07) is 21.0. The molecule has 0 unspecified atom stereocenters. The van der Waals surface area contributed by atoms with Crippen molar-refractivity contribution < 1.29 is 22.3 Å². The Hall–Kier alpha value is -4.12. The molecule has 8 nitrogen and oxygen atoms in total. The first kappa shape index (κ1) is 26.5. The summed E-state index contributed by atoms with van der Waals surface area (Å²) in [5.41, 5.74) is 5.60. The Kier molecular flexibility index (Phi) is 7.42. The Morgan fingerprint density at radius 3 is 2.56 bits per heavy atom. The van der Waals surface area contributed by atoms with Crippen LogP contribution in [-0.2, 0) is 26.0 Å². The van der Waals surface area contributed by atoms with Gasteiger partial charge < -0.3 is 15.4 Å². The number of aromatic nitrogens is 1. The van der Waals surface area contributed by atoms with E-state index in [-0.39, 0.29) is 35.3 Å². The highest BCUT2D eigenvalue weighted by Gasteiger charge is 2.17. The Balaban J connectivity index is 1.34. The first-order valence-electron chi connectivity index (χ1n) is 12.3. The van der Waals surface area contributed by atoms with Crippen molar-refractivity contribution in [2.24, 2.45) is 5.14 Å². The molecule has 10 heteroatoms. The number of nitrogens with one attached hydrogen (secondary N) is 2. The van der Waals surface area contributed by atoms with Crippen molar-refractivity contribution in [2.45, 2.75) is 24.7 Å². The third-order valence-electron chi connectivity index (χ3n) is 6.40. The van der Waals surface area contributed by atoms with Crippen LogP contribution < -0.4 is 15.8 Å². The number of pyridine rings is 1. The lowest BCUT2D eigenvalue weighted by atomic mass is 9.98. The largest absolute Gasteiger partial charge is 0.374 e. The number of amides is 1. The molecule has 0 fully saturated rings. The van der Waals surface area contributed by atoms with E-state index in [9.17, 15) is 17.6 Å². The number of sulfonamides is 1. The van der Waals surface area contributed by atoms with Gasteiger partial charge >= 0.3 is 0 Å². The number of benzene rings is 3. The van der Waals surface area contributed by atoms with Crippen LogP contribution in [0.1, 0.15) is 23.2 Å². The van der Waals surface area contributed by atoms with Crippen LogP contribution >= 0.6 is 0 Å². The lowest BCUT2D eigenvalue weighted by Crippen LogP contribution is -2.19. The van der Waals surface area contributed by atoms with E-state index >= 15 is 0 Å². The zero-order valence-corrected chi connectivity index (χ0v) is 22.0. The number of aryl methyl sites for hydroxylation is 1. The van der Waals surface area contributed by atoms with Gasteiger partial charge in [0.1, 0.15) is 10.7 Å². The monoisotopic (exact) mass is 546 g/mol. The predicted molar refractivity (Wildman–Crippen MR) is 150 cm³/mol. The molecular formula is C29H27FN4O4S. The Labute approximate surface area is 225 Å². The second-order valence-electron chi connectivity index (χ2n) is 9.32. The number of halogens is 1. The van der Waals surface area contributed by atoms with Crippen LogP contribution in [0, 0.1) is 6.92 Å². The number of hydrogen-bond donors (Lipinski definition) is 3. The maximum Gasteiger partial charge on any atom is 0.240 e. The van der Waals surface area contributed by atoms with Crippen LogP contribution in [0.2, 0.25) is 0 Å². The van der Waals surface area contributed by atoms with Crippen molar-refractivity contribution in [3.8, 4) is 0 Å². The van der Waals surface area contributed by atoms with Crippen molar-refractivity contribution in [1.82, 2.24) is 4.98 Å². The van der Waals surface area contributed by atoms with Crippen molar-refractivity contribution in [1.29, 1.82) is 0 Å². The highest BCUT2D eigenvalue weighted by molar-refractivity contribution is 7.89. The molecule has 0 bridgehead atoms. The summed E-state index contributed by atoms with van der Waals surface area (Å²) < 4.78 is 43.2. The smallest absolute Gasteiger partial charge is 0.240 e. The van der Waals surface area contributed by atoms with Crippen LogP contribution in [0.15, 0.2) is 83.5 Å². The standard InChI is InChI=1S/C29H27FN4O4S/c1-18-14-27(23-16-20(8-11-25(23)32-18)22-12-13-38-17-24(22)30)33-21-9-6-19(7-10-21)15-29(35)34-26-4-2-3-5-28(26)39(31,36)37/h2-11,14,16H,12-13,15,17H2,1H3,(H,32,33)(H,34,35)(H2,31,36,37). The summed E-state index contributed by atoms with van der Waals surface area (Å²) in [4.78, 5) is 17.1. The van der Waals surface area contributed by atoms with Crippen LogP contribution in [0.4, 0.5) is 21.5 Å². The van der Waals surface area contributed by atoms with Gasteiger partial charge in [-0.3, -0.25) is 9.78 Å². The maximum atomic E-state index is 14.4. The summed E-state index contributed by atoms with van der Waals surface area (Å²) in [6.07, 6.45) is 0.562. The van der Waals surface area contributed by atoms with Crippen LogP contribution in [0.3, 0.4) is 0 Å². The van der Waals surface area contributed by atoms with E-state index in [0.717, 1.165) is 39.1 Å². The number of nitrogens with two attached hydrogens (primary N) is 1. The number of carbonyl (C=O) groups is 1. The molecule has 200 valence electrons. The third kappa shape index (κ3) is 6.14. The molecule has 4 aromatic rings.